The zero-order valence-corrected chi connectivity index (χ0v) is 17.1. The summed E-state index contributed by atoms with van der Waals surface area (Å²) in [6.07, 6.45) is 1.80. The van der Waals surface area contributed by atoms with Crippen LogP contribution in [0.15, 0.2) is 18.3 Å². The van der Waals surface area contributed by atoms with Gasteiger partial charge in [0, 0.05) is 31.5 Å². The Bertz CT molecular complexity index is 560. The molecule has 7 heteroatoms. The van der Waals surface area contributed by atoms with Gasteiger partial charge in [-0.15, -0.1) is 0 Å². The first kappa shape index (κ1) is 17.7. The summed E-state index contributed by atoms with van der Waals surface area (Å²) in [5.74, 6) is 0.118. The smallest absolute Gasteiger partial charge is 0.872 e. The zero-order valence-electron chi connectivity index (χ0n) is 10.8. The summed E-state index contributed by atoms with van der Waals surface area (Å²) in [7, 11) is 0. The summed E-state index contributed by atoms with van der Waals surface area (Å²) in [5.41, 5.74) is 3.00. The number of nitrogens with one attached hydrogen (secondary N) is 2. The van der Waals surface area contributed by atoms with Crippen LogP contribution in [-0.4, -0.2) is 10.2 Å². The molecule has 0 bridgehead atoms. The van der Waals surface area contributed by atoms with Crippen LogP contribution >= 0.6 is 45.2 Å². The predicted octanol–water partition coefficient (Wildman–Crippen LogP) is -0.705. The van der Waals surface area contributed by atoms with Crippen LogP contribution in [-0.2, 0) is 13.1 Å². The molecule has 0 fully saturated rings. The summed E-state index contributed by atoms with van der Waals surface area (Å²) in [5, 5.41) is 22.0. The summed E-state index contributed by atoms with van der Waals surface area (Å²) in [6.45, 7) is 3.28. The molecule has 0 aliphatic rings. The number of rotatable bonds is 4. The van der Waals surface area contributed by atoms with Crippen molar-refractivity contribution in [3.8, 4) is 5.75 Å². The maximum atomic E-state index is 11.9. The van der Waals surface area contributed by atoms with Crippen molar-refractivity contribution >= 4 is 45.2 Å². The van der Waals surface area contributed by atoms with Gasteiger partial charge in [0.2, 0.25) is 0 Å². The number of aromatic amines is 1. The van der Waals surface area contributed by atoms with E-state index in [4.69, 9.17) is 0 Å². The van der Waals surface area contributed by atoms with Gasteiger partial charge in [-0.3, -0.25) is 5.10 Å². The van der Waals surface area contributed by atoms with E-state index in [0.717, 1.165) is 24.0 Å². The molecule has 96 valence electrons. The van der Waals surface area contributed by atoms with Gasteiger partial charge in [0.05, 0.1) is 6.20 Å². The van der Waals surface area contributed by atoms with E-state index in [-0.39, 0.29) is 35.3 Å². The Hall–Kier alpha value is 0.650. The van der Waals surface area contributed by atoms with Gasteiger partial charge >= 0.3 is 29.6 Å². The van der Waals surface area contributed by atoms with Crippen LogP contribution in [0, 0.1) is 14.1 Å². The average molecular weight is 491 g/mol. The molecule has 0 aliphatic carbocycles. The quantitative estimate of drug-likeness (QED) is 0.440. The van der Waals surface area contributed by atoms with E-state index in [1.807, 2.05) is 19.1 Å². The summed E-state index contributed by atoms with van der Waals surface area (Å²) in [4.78, 5) is 0. The van der Waals surface area contributed by atoms with Crippen molar-refractivity contribution in [1.29, 1.82) is 0 Å². The molecule has 2 rings (SSSR count). The minimum atomic E-state index is 0. The molecule has 0 saturated carbocycles. The molecule has 2 N–H and O–H groups in total. The molecule has 1 aromatic heterocycles. The van der Waals surface area contributed by atoms with Crippen molar-refractivity contribution in [2.45, 2.75) is 20.0 Å². The number of nitrogens with zero attached hydrogens (tertiary/aromatic N) is 1. The standard InChI is InChI=1S/C12H13I2N3O.Na/c1-7-9(6-16-17-7)5-15-4-8-2-10(13)3-11(14)12(8)18;/h2-3,6,15,18H,4-5H2,1H3,(H,16,17);/q;+1/p-1. The van der Waals surface area contributed by atoms with Gasteiger partial charge in [0.15, 0.2) is 0 Å². The van der Waals surface area contributed by atoms with Crippen LogP contribution in [0.5, 0.6) is 5.75 Å². The number of hydrogen-bond acceptors (Lipinski definition) is 3. The summed E-state index contributed by atoms with van der Waals surface area (Å²) < 4.78 is 1.86. The number of aromatic nitrogens is 2. The second-order valence-corrected chi connectivity index (χ2v) is 6.41. The van der Waals surface area contributed by atoms with Crippen LogP contribution < -0.4 is 40.0 Å². The fourth-order valence-corrected chi connectivity index (χ4v) is 3.60. The molecular formula is C12H12I2N3NaO. The van der Waals surface area contributed by atoms with Crippen molar-refractivity contribution in [3.05, 3.63) is 42.3 Å². The number of H-pyrrole nitrogens is 1. The maximum absolute atomic E-state index is 11.9. The maximum Gasteiger partial charge on any atom is 1.00 e. The Morgan fingerprint density at radius 2 is 1.95 bits per heavy atom. The topological polar surface area (TPSA) is 63.8 Å². The molecule has 0 spiro atoms. The average Bonchev–Trinajstić information content (AvgIpc) is 2.71. The Kier molecular flexibility index (Phi) is 7.62. The molecule has 0 saturated heterocycles. The molecule has 1 aromatic carbocycles. The van der Waals surface area contributed by atoms with Crippen molar-refractivity contribution < 1.29 is 34.7 Å². The van der Waals surface area contributed by atoms with Gasteiger partial charge in [0.1, 0.15) is 0 Å². The number of hydrogen-bond donors (Lipinski definition) is 2. The van der Waals surface area contributed by atoms with E-state index in [2.05, 4.69) is 60.7 Å². The minimum Gasteiger partial charge on any atom is -0.872 e. The third-order valence-corrected chi connectivity index (χ3v) is 4.07. The van der Waals surface area contributed by atoms with Gasteiger partial charge in [0.25, 0.3) is 0 Å². The molecule has 0 aliphatic heterocycles. The largest absolute Gasteiger partial charge is 1.00 e. The fraction of sp³-hybridized carbons (Fsp3) is 0.250. The van der Waals surface area contributed by atoms with Crippen LogP contribution in [0.1, 0.15) is 16.8 Å². The van der Waals surface area contributed by atoms with E-state index in [1.165, 1.54) is 0 Å². The van der Waals surface area contributed by atoms with E-state index < -0.39 is 0 Å². The van der Waals surface area contributed by atoms with Crippen molar-refractivity contribution in [1.82, 2.24) is 15.5 Å². The molecule has 1 heterocycles. The number of benzene rings is 1. The van der Waals surface area contributed by atoms with Crippen LogP contribution in [0.3, 0.4) is 0 Å². The second-order valence-electron chi connectivity index (χ2n) is 4.00. The first-order chi connectivity index (χ1) is 8.58. The Labute approximate surface area is 161 Å². The number of halogens is 2. The van der Waals surface area contributed by atoms with E-state index in [0.29, 0.717) is 13.1 Å². The SMILES string of the molecule is Cc1[nH]ncc1CNCc1cc(I)cc(I)c1[O-].[Na+]. The van der Waals surface area contributed by atoms with Gasteiger partial charge in [-0.2, -0.15) is 5.10 Å². The minimum absolute atomic E-state index is 0. The molecular weight excluding hydrogens is 479 g/mol. The fourth-order valence-electron chi connectivity index (χ4n) is 1.63. The Morgan fingerprint density at radius 3 is 2.58 bits per heavy atom. The molecule has 4 nitrogen and oxygen atoms in total. The van der Waals surface area contributed by atoms with Crippen LogP contribution in [0.4, 0.5) is 0 Å². The first-order valence-corrected chi connectivity index (χ1v) is 7.58. The van der Waals surface area contributed by atoms with Crippen molar-refractivity contribution in [2.24, 2.45) is 0 Å². The third-order valence-electron chi connectivity index (χ3n) is 2.65. The monoisotopic (exact) mass is 491 g/mol. The van der Waals surface area contributed by atoms with Crippen molar-refractivity contribution in [3.63, 3.8) is 0 Å². The normalized spacial score (nSPS) is 10.3. The Balaban J connectivity index is 0.00000180. The molecule has 2 aromatic rings. The molecule has 0 unspecified atom stereocenters. The van der Waals surface area contributed by atoms with Crippen LogP contribution in [0.2, 0.25) is 0 Å². The molecule has 0 radical (unpaired) electrons. The summed E-state index contributed by atoms with van der Waals surface area (Å²) in [6, 6.07) is 3.83. The van der Waals surface area contributed by atoms with Gasteiger partial charge < -0.3 is 10.4 Å². The van der Waals surface area contributed by atoms with E-state index in [9.17, 15) is 5.11 Å². The van der Waals surface area contributed by atoms with Gasteiger partial charge in [-0.1, -0.05) is 5.75 Å². The molecule has 0 atom stereocenters. The third kappa shape index (κ3) is 4.85. The Morgan fingerprint density at radius 1 is 1.26 bits per heavy atom. The van der Waals surface area contributed by atoms with Gasteiger partial charge in [-0.05, 0) is 69.8 Å². The molecule has 19 heavy (non-hydrogen) atoms. The summed E-state index contributed by atoms with van der Waals surface area (Å²) >= 11 is 4.31. The van der Waals surface area contributed by atoms with Gasteiger partial charge in [-0.25, -0.2) is 0 Å². The molecule has 0 amide bonds. The predicted molar refractivity (Wildman–Crippen MR) is 85.2 cm³/mol. The second kappa shape index (κ2) is 8.18. The van der Waals surface area contributed by atoms with E-state index in [1.54, 1.807) is 6.20 Å². The zero-order chi connectivity index (χ0) is 13.1. The van der Waals surface area contributed by atoms with Crippen LogP contribution in [0.25, 0.3) is 0 Å². The van der Waals surface area contributed by atoms with E-state index >= 15 is 0 Å². The van der Waals surface area contributed by atoms with Crippen molar-refractivity contribution in [2.75, 3.05) is 0 Å². The number of aryl methyl sites for hydroxylation is 1. The first-order valence-electron chi connectivity index (χ1n) is 5.42.